The molecule has 6 nitrogen and oxygen atoms in total. The summed E-state index contributed by atoms with van der Waals surface area (Å²) in [4.78, 5) is 38.1. The van der Waals surface area contributed by atoms with E-state index >= 15 is 8.22 Å². The van der Waals surface area contributed by atoms with Crippen molar-refractivity contribution in [3.05, 3.63) is 71.8 Å². The summed E-state index contributed by atoms with van der Waals surface area (Å²) in [5.41, 5.74) is -0.463. The van der Waals surface area contributed by atoms with E-state index in [0.29, 0.717) is 18.4 Å². The van der Waals surface area contributed by atoms with E-state index in [4.69, 9.17) is 0 Å². The number of hydrogen-bond donors (Lipinski definition) is 2. The molecule has 2 aromatic carbocycles. The van der Waals surface area contributed by atoms with Crippen molar-refractivity contribution in [3.63, 3.8) is 0 Å². The molecule has 9 heteroatoms. The number of hydrogen-bond acceptors (Lipinski definition) is 3. The molecule has 1 aliphatic rings. The lowest BCUT2D eigenvalue weighted by molar-refractivity contribution is -0.149. The summed E-state index contributed by atoms with van der Waals surface area (Å²) in [5, 5.41) is 11.8. The first-order valence-corrected chi connectivity index (χ1v) is 13.0. The highest BCUT2D eigenvalue weighted by molar-refractivity contribution is 6.68. The molecule has 33 heavy (non-hydrogen) atoms. The number of carboxylic acid groups (broad SMARTS) is 1. The van der Waals surface area contributed by atoms with E-state index in [0.717, 1.165) is 0 Å². The maximum absolute atomic E-state index is 15.6. The number of likely N-dealkylation sites (tertiary alicyclic amines) is 1. The number of rotatable bonds is 9. The van der Waals surface area contributed by atoms with Crippen molar-refractivity contribution in [3.8, 4) is 0 Å². The van der Waals surface area contributed by atoms with Crippen molar-refractivity contribution in [2.75, 3.05) is 6.54 Å². The molecule has 1 heterocycles. The fourth-order valence-corrected chi connectivity index (χ4v) is 6.35. The van der Waals surface area contributed by atoms with Gasteiger partial charge in [-0.2, -0.15) is 0 Å². The molecule has 0 bridgehead atoms. The van der Waals surface area contributed by atoms with E-state index in [2.05, 4.69) is 5.32 Å². The number of benzene rings is 2. The Hall–Kier alpha value is -3.07. The van der Waals surface area contributed by atoms with Crippen molar-refractivity contribution in [2.24, 2.45) is 5.92 Å². The van der Waals surface area contributed by atoms with Crippen molar-refractivity contribution in [2.45, 2.75) is 43.9 Å². The highest BCUT2D eigenvalue weighted by Crippen LogP contribution is 2.29. The SMILES string of the molecule is C[C@H](C[Si](F)(F)[C@@H](Cc1ccccc1)NC(=O)c1ccccc1)C(=O)N1CCC[C@H]1C(=O)O. The summed E-state index contributed by atoms with van der Waals surface area (Å²) in [7, 11) is -5.16. The molecular weight excluding hydrogens is 446 g/mol. The van der Waals surface area contributed by atoms with Crippen LogP contribution in [-0.4, -0.2) is 54.8 Å². The zero-order chi connectivity index (χ0) is 24.0. The monoisotopic (exact) mass is 474 g/mol. The molecule has 0 aliphatic carbocycles. The van der Waals surface area contributed by atoms with Crippen LogP contribution in [0.1, 0.15) is 35.7 Å². The molecule has 0 unspecified atom stereocenters. The minimum absolute atomic E-state index is 0.0546. The zero-order valence-electron chi connectivity index (χ0n) is 18.4. The number of carboxylic acids is 1. The molecule has 0 spiro atoms. The lowest BCUT2D eigenvalue weighted by Crippen LogP contribution is -2.54. The topological polar surface area (TPSA) is 86.7 Å². The van der Waals surface area contributed by atoms with Gasteiger partial charge in [0.2, 0.25) is 5.91 Å². The molecular formula is C24H28F2N2O4Si. The maximum Gasteiger partial charge on any atom is 0.447 e. The van der Waals surface area contributed by atoms with Crippen molar-refractivity contribution >= 4 is 26.5 Å². The van der Waals surface area contributed by atoms with E-state index in [9.17, 15) is 19.5 Å². The summed E-state index contributed by atoms with van der Waals surface area (Å²) in [6, 6.07) is 15.3. The van der Waals surface area contributed by atoms with Crippen LogP contribution < -0.4 is 5.32 Å². The molecule has 0 aromatic heterocycles. The zero-order valence-corrected chi connectivity index (χ0v) is 19.4. The smallest absolute Gasteiger partial charge is 0.447 e. The molecule has 1 saturated heterocycles. The van der Waals surface area contributed by atoms with Crippen LogP contribution in [0.15, 0.2) is 60.7 Å². The number of aliphatic carboxylic acids is 1. The highest BCUT2D eigenvalue weighted by atomic mass is 28.4. The van der Waals surface area contributed by atoms with E-state index in [1.807, 2.05) is 0 Å². The first kappa shape index (κ1) is 24.6. The second kappa shape index (κ2) is 10.7. The number of halogens is 2. The van der Waals surface area contributed by atoms with Crippen molar-refractivity contribution < 1.29 is 27.7 Å². The molecule has 0 saturated carbocycles. The van der Waals surface area contributed by atoms with Gasteiger partial charge in [0.15, 0.2) is 0 Å². The van der Waals surface area contributed by atoms with Crippen LogP contribution in [0.25, 0.3) is 0 Å². The third-order valence-electron chi connectivity index (χ3n) is 5.95. The maximum atomic E-state index is 15.6. The number of nitrogens with zero attached hydrogens (tertiary/aromatic N) is 1. The Kier molecular flexibility index (Phi) is 7.96. The molecule has 3 atom stereocenters. The van der Waals surface area contributed by atoms with Gasteiger partial charge < -0.3 is 15.3 Å². The minimum atomic E-state index is -5.16. The van der Waals surface area contributed by atoms with Crippen LogP contribution in [0.4, 0.5) is 8.22 Å². The fraction of sp³-hybridized carbons (Fsp3) is 0.375. The lowest BCUT2D eigenvalue weighted by atomic mass is 10.1. The van der Waals surface area contributed by atoms with Gasteiger partial charge in [0.1, 0.15) is 6.04 Å². The van der Waals surface area contributed by atoms with Crippen LogP contribution in [-0.2, 0) is 16.0 Å². The predicted octanol–water partition coefficient (Wildman–Crippen LogP) is 3.66. The summed E-state index contributed by atoms with van der Waals surface area (Å²) < 4.78 is 31.3. The normalized spacial score (nSPS) is 17.9. The Morgan fingerprint density at radius 2 is 1.70 bits per heavy atom. The van der Waals surface area contributed by atoms with Gasteiger partial charge in [-0.1, -0.05) is 55.5 Å². The van der Waals surface area contributed by atoms with E-state index in [-0.39, 0.29) is 18.5 Å². The van der Waals surface area contributed by atoms with E-state index in [1.165, 1.54) is 11.8 Å². The quantitative estimate of drug-likeness (QED) is 0.429. The Bertz CT molecular complexity index is 975. The Morgan fingerprint density at radius 3 is 2.30 bits per heavy atom. The van der Waals surface area contributed by atoms with Gasteiger partial charge in [-0.3, -0.25) is 17.8 Å². The number of carbonyl (C=O) groups is 3. The second-order valence-corrected chi connectivity index (χ2v) is 11.1. The third-order valence-corrected chi connectivity index (χ3v) is 8.48. The molecule has 2 aromatic rings. The lowest BCUT2D eigenvalue weighted by Gasteiger charge is -2.30. The van der Waals surface area contributed by atoms with Gasteiger partial charge >= 0.3 is 14.7 Å². The van der Waals surface area contributed by atoms with Gasteiger partial charge in [-0.25, -0.2) is 4.79 Å². The van der Waals surface area contributed by atoms with Gasteiger partial charge in [0.05, 0.1) is 5.67 Å². The van der Waals surface area contributed by atoms with Crippen LogP contribution in [0.2, 0.25) is 6.04 Å². The average Bonchev–Trinajstić information content (AvgIpc) is 3.29. The van der Waals surface area contributed by atoms with E-state index in [1.54, 1.807) is 60.7 Å². The van der Waals surface area contributed by atoms with Crippen LogP contribution in [0.3, 0.4) is 0 Å². The Balaban J connectivity index is 1.77. The first-order chi connectivity index (χ1) is 15.7. The molecule has 1 fully saturated rings. The van der Waals surface area contributed by atoms with Gasteiger partial charge in [-0.05, 0) is 37.0 Å². The first-order valence-electron chi connectivity index (χ1n) is 11.0. The number of amides is 2. The summed E-state index contributed by atoms with van der Waals surface area (Å²) in [6.07, 6.45) is 0.805. The third kappa shape index (κ3) is 6.25. The highest BCUT2D eigenvalue weighted by Gasteiger charge is 2.49. The van der Waals surface area contributed by atoms with Gasteiger partial charge in [0.25, 0.3) is 5.91 Å². The molecule has 0 radical (unpaired) electrons. The number of nitrogens with one attached hydrogen (secondary N) is 1. The van der Waals surface area contributed by atoms with Crippen LogP contribution >= 0.6 is 0 Å². The van der Waals surface area contributed by atoms with E-state index < -0.39 is 50.2 Å². The Labute approximate surface area is 193 Å². The molecule has 1 aliphatic heterocycles. The van der Waals surface area contributed by atoms with Crippen molar-refractivity contribution in [1.29, 1.82) is 0 Å². The predicted molar refractivity (Wildman–Crippen MR) is 122 cm³/mol. The largest absolute Gasteiger partial charge is 0.480 e. The summed E-state index contributed by atoms with van der Waals surface area (Å²) >= 11 is 0. The molecule has 2 amide bonds. The molecule has 176 valence electrons. The van der Waals surface area contributed by atoms with Gasteiger partial charge in [-0.15, -0.1) is 0 Å². The summed E-state index contributed by atoms with van der Waals surface area (Å²) in [6.45, 7) is 1.67. The van der Waals surface area contributed by atoms with Crippen LogP contribution in [0.5, 0.6) is 0 Å². The van der Waals surface area contributed by atoms with Crippen molar-refractivity contribution in [1.82, 2.24) is 10.2 Å². The fourth-order valence-electron chi connectivity index (χ4n) is 4.19. The second-order valence-electron chi connectivity index (χ2n) is 8.48. The van der Waals surface area contributed by atoms with Gasteiger partial charge in [0, 0.05) is 24.1 Å². The summed E-state index contributed by atoms with van der Waals surface area (Å²) in [5.74, 6) is -3.32. The Morgan fingerprint density at radius 1 is 1.09 bits per heavy atom. The van der Waals surface area contributed by atoms with Crippen LogP contribution in [0, 0.1) is 5.92 Å². The molecule has 2 N–H and O–H groups in total. The minimum Gasteiger partial charge on any atom is -0.480 e. The number of carbonyl (C=O) groups excluding carboxylic acids is 2. The molecule has 3 rings (SSSR count). The standard InChI is InChI=1S/C24H28F2N2O4Si/c1-17(23(30)28-14-8-13-20(28)24(31)32)16-33(25,26)21(15-18-9-4-2-5-10-18)27-22(29)19-11-6-3-7-12-19/h2-7,9-12,17,20-21H,8,13-16H2,1H3,(H,27,29)(H,31,32)/t17-,20+,21+/m1/s1. The average molecular weight is 475 g/mol.